The Hall–Kier alpha value is -1.75. The monoisotopic (exact) mass is 220 g/mol. The number of benzene rings is 1. The fourth-order valence-electron chi connectivity index (χ4n) is 1.57. The van der Waals surface area contributed by atoms with Crippen LogP contribution in [0.4, 0.5) is 4.39 Å². The van der Waals surface area contributed by atoms with E-state index in [1.807, 2.05) is 0 Å². The summed E-state index contributed by atoms with van der Waals surface area (Å²) in [6, 6.07) is 6.48. The number of aromatic nitrogens is 3. The van der Waals surface area contributed by atoms with Crippen molar-refractivity contribution in [2.24, 2.45) is 5.73 Å². The van der Waals surface area contributed by atoms with E-state index in [1.165, 1.54) is 10.7 Å². The molecule has 0 fully saturated rings. The summed E-state index contributed by atoms with van der Waals surface area (Å²) >= 11 is 0. The van der Waals surface area contributed by atoms with E-state index in [9.17, 15) is 4.39 Å². The summed E-state index contributed by atoms with van der Waals surface area (Å²) in [6.45, 7) is 2.24. The molecule has 5 heteroatoms. The van der Waals surface area contributed by atoms with Gasteiger partial charge in [0.05, 0.1) is 0 Å². The van der Waals surface area contributed by atoms with Crippen LogP contribution in [0.3, 0.4) is 0 Å². The van der Waals surface area contributed by atoms with Crippen molar-refractivity contribution in [3.05, 3.63) is 41.7 Å². The molecule has 0 saturated heterocycles. The molecule has 2 aromatic rings. The predicted octanol–water partition coefficient (Wildman–Crippen LogP) is 1.22. The Labute approximate surface area is 92.9 Å². The lowest BCUT2D eigenvalue weighted by Gasteiger charge is -2.05. The summed E-state index contributed by atoms with van der Waals surface area (Å²) in [4.78, 5) is 4.22. The molecule has 0 atom stereocenters. The molecule has 0 aliphatic rings. The summed E-state index contributed by atoms with van der Waals surface area (Å²) in [6.07, 6.45) is 0.579. The Bertz CT molecular complexity index is 492. The molecule has 0 saturated carbocycles. The highest BCUT2D eigenvalue weighted by molar-refractivity contribution is 5.33. The Morgan fingerprint density at radius 1 is 1.38 bits per heavy atom. The van der Waals surface area contributed by atoms with Crippen molar-refractivity contribution in [2.45, 2.75) is 13.3 Å². The van der Waals surface area contributed by atoms with E-state index < -0.39 is 0 Å². The zero-order chi connectivity index (χ0) is 11.5. The highest BCUT2D eigenvalue weighted by Gasteiger charge is 2.11. The maximum Gasteiger partial charge on any atom is 0.148 e. The minimum absolute atomic E-state index is 0.314. The van der Waals surface area contributed by atoms with Gasteiger partial charge in [0.1, 0.15) is 23.2 Å². The zero-order valence-electron chi connectivity index (χ0n) is 9.02. The van der Waals surface area contributed by atoms with Crippen molar-refractivity contribution in [1.29, 1.82) is 0 Å². The lowest BCUT2D eigenvalue weighted by atomic mass is 10.3. The predicted molar refractivity (Wildman–Crippen MR) is 58.8 cm³/mol. The third kappa shape index (κ3) is 1.94. The van der Waals surface area contributed by atoms with Gasteiger partial charge in [-0.05, 0) is 25.6 Å². The molecule has 0 spiro atoms. The highest BCUT2D eigenvalue weighted by atomic mass is 19.1. The van der Waals surface area contributed by atoms with Crippen molar-refractivity contribution >= 4 is 0 Å². The van der Waals surface area contributed by atoms with Gasteiger partial charge in [-0.1, -0.05) is 12.1 Å². The van der Waals surface area contributed by atoms with Crippen molar-refractivity contribution in [1.82, 2.24) is 14.8 Å². The van der Waals surface area contributed by atoms with Crippen molar-refractivity contribution in [2.75, 3.05) is 6.54 Å². The molecule has 2 rings (SSSR count). The van der Waals surface area contributed by atoms with Crippen LogP contribution in [-0.2, 0) is 6.42 Å². The quantitative estimate of drug-likeness (QED) is 0.846. The van der Waals surface area contributed by atoms with Crippen LogP contribution in [-0.4, -0.2) is 21.3 Å². The molecule has 0 aliphatic heterocycles. The molecule has 0 radical (unpaired) electrons. The van der Waals surface area contributed by atoms with Crippen LogP contribution < -0.4 is 5.73 Å². The Morgan fingerprint density at radius 3 is 2.81 bits per heavy atom. The number of nitrogens with two attached hydrogens (primary N) is 1. The minimum Gasteiger partial charge on any atom is -0.330 e. The maximum absolute atomic E-state index is 13.6. The smallest absolute Gasteiger partial charge is 0.148 e. The molecule has 1 aromatic carbocycles. The summed E-state index contributed by atoms with van der Waals surface area (Å²) in [5.41, 5.74) is 5.89. The second kappa shape index (κ2) is 4.40. The standard InChI is InChI=1S/C11H13FN4/c1-8-14-11(6-7-13)16(15-8)10-5-3-2-4-9(10)12/h2-5H,6-7,13H2,1H3. The maximum atomic E-state index is 13.6. The lowest BCUT2D eigenvalue weighted by molar-refractivity contribution is 0.604. The summed E-state index contributed by atoms with van der Waals surface area (Å²) in [5.74, 6) is 0.988. The van der Waals surface area contributed by atoms with E-state index in [4.69, 9.17) is 5.73 Å². The van der Waals surface area contributed by atoms with Crippen LogP contribution in [0.25, 0.3) is 5.69 Å². The first-order valence-corrected chi connectivity index (χ1v) is 5.10. The molecule has 1 heterocycles. The van der Waals surface area contributed by atoms with E-state index in [2.05, 4.69) is 10.1 Å². The van der Waals surface area contributed by atoms with Crippen molar-refractivity contribution < 1.29 is 4.39 Å². The number of aryl methyl sites for hydroxylation is 1. The van der Waals surface area contributed by atoms with Gasteiger partial charge in [0.15, 0.2) is 0 Å². The fourth-order valence-corrected chi connectivity index (χ4v) is 1.57. The SMILES string of the molecule is Cc1nc(CCN)n(-c2ccccc2F)n1. The minimum atomic E-state index is -0.314. The van der Waals surface area contributed by atoms with Crippen molar-refractivity contribution in [3.63, 3.8) is 0 Å². The largest absolute Gasteiger partial charge is 0.330 e. The normalized spacial score (nSPS) is 10.7. The molecule has 1 aromatic heterocycles. The zero-order valence-corrected chi connectivity index (χ0v) is 9.02. The van der Waals surface area contributed by atoms with Gasteiger partial charge >= 0.3 is 0 Å². The molecule has 0 aliphatic carbocycles. The molecular formula is C11H13FN4. The molecule has 0 unspecified atom stereocenters. The summed E-state index contributed by atoms with van der Waals surface area (Å²) < 4.78 is 15.1. The first-order chi connectivity index (χ1) is 7.72. The van der Waals surface area contributed by atoms with Gasteiger partial charge in [-0.3, -0.25) is 0 Å². The van der Waals surface area contributed by atoms with Crippen molar-refractivity contribution in [3.8, 4) is 5.69 Å². The number of hydrogen-bond donors (Lipinski definition) is 1. The molecule has 0 bridgehead atoms. The third-order valence-electron chi connectivity index (χ3n) is 2.23. The van der Waals surface area contributed by atoms with Crippen LogP contribution in [0, 0.1) is 12.7 Å². The number of para-hydroxylation sites is 1. The first kappa shape index (κ1) is 10.8. The van der Waals surface area contributed by atoms with Gasteiger partial charge in [-0.15, -0.1) is 0 Å². The van der Waals surface area contributed by atoms with Gasteiger partial charge in [0, 0.05) is 6.42 Å². The second-order valence-electron chi connectivity index (χ2n) is 3.48. The number of hydrogen-bond acceptors (Lipinski definition) is 3. The first-order valence-electron chi connectivity index (χ1n) is 5.10. The average molecular weight is 220 g/mol. The number of halogens is 1. The van der Waals surface area contributed by atoms with Gasteiger partial charge in [0.25, 0.3) is 0 Å². The molecule has 2 N–H and O–H groups in total. The van der Waals surface area contributed by atoms with Crippen LogP contribution in [0.2, 0.25) is 0 Å². The van der Waals surface area contributed by atoms with Gasteiger partial charge in [0.2, 0.25) is 0 Å². The van der Waals surface area contributed by atoms with Gasteiger partial charge in [-0.2, -0.15) is 5.10 Å². The lowest BCUT2D eigenvalue weighted by Crippen LogP contribution is -2.10. The van der Waals surface area contributed by atoms with Gasteiger partial charge in [-0.25, -0.2) is 14.1 Å². The summed E-state index contributed by atoms with van der Waals surface area (Å²) in [7, 11) is 0. The molecule has 0 amide bonds. The van der Waals surface area contributed by atoms with E-state index in [0.717, 1.165) is 0 Å². The summed E-state index contributed by atoms with van der Waals surface area (Å²) in [5, 5.41) is 4.17. The van der Waals surface area contributed by atoms with Gasteiger partial charge < -0.3 is 5.73 Å². The van der Waals surface area contributed by atoms with Crippen LogP contribution in [0.15, 0.2) is 24.3 Å². The Kier molecular flexibility index (Phi) is 2.96. The van der Waals surface area contributed by atoms with E-state index in [0.29, 0.717) is 30.3 Å². The molecule has 16 heavy (non-hydrogen) atoms. The van der Waals surface area contributed by atoms with Crippen LogP contribution in [0.5, 0.6) is 0 Å². The molecular weight excluding hydrogens is 207 g/mol. The number of nitrogens with zero attached hydrogens (tertiary/aromatic N) is 3. The highest BCUT2D eigenvalue weighted by Crippen LogP contribution is 2.14. The second-order valence-corrected chi connectivity index (χ2v) is 3.48. The topological polar surface area (TPSA) is 56.7 Å². The van der Waals surface area contributed by atoms with E-state index in [1.54, 1.807) is 25.1 Å². The fraction of sp³-hybridized carbons (Fsp3) is 0.273. The Morgan fingerprint density at radius 2 is 2.12 bits per heavy atom. The van der Waals surface area contributed by atoms with Crippen LogP contribution >= 0.6 is 0 Å². The van der Waals surface area contributed by atoms with E-state index >= 15 is 0 Å². The molecule has 84 valence electrons. The average Bonchev–Trinajstić information content (AvgIpc) is 2.61. The Balaban J connectivity index is 2.51. The van der Waals surface area contributed by atoms with Crippen LogP contribution in [0.1, 0.15) is 11.6 Å². The number of rotatable bonds is 3. The molecule has 4 nitrogen and oxygen atoms in total. The van der Waals surface area contributed by atoms with E-state index in [-0.39, 0.29) is 5.82 Å². The third-order valence-corrected chi connectivity index (χ3v) is 2.23.